The molecule has 1 saturated heterocycles. The number of carbonyl (C=O) groups is 3. The molecule has 206 valence electrons. The number of carbonyl (C=O) groups excluding carboxylic acids is 3. The molecular formula is C29H34N4O6. The second kappa shape index (κ2) is 13.3. The largest absolute Gasteiger partial charge is 0.491 e. The zero-order chi connectivity index (χ0) is 28.4. The normalized spacial score (nSPS) is 13.9. The Morgan fingerprint density at radius 2 is 1.82 bits per heavy atom. The standard InChI is InChI=1S/C29H34N4O6/c1-29(2,3)39-28(36)33-15-12-24(13-16-33)38-23-9-6-22(7-10-23)27(35)32-14-17-37-25-18-20(19-30)4-5-21(25)8-11-26(31)34/h4-11,18,24H,12-17H2,1-3H3,(H2,31,34)(H,32,35)/b11-8+. The molecule has 2 aromatic rings. The van der Waals surface area contributed by atoms with Crippen LogP contribution in [0.5, 0.6) is 11.5 Å². The third kappa shape index (κ3) is 9.38. The molecule has 0 aliphatic carbocycles. The third-order valence-corrected chi connectivity index (χ3v) is 5.73. The third-order valence-electron chi connectivity index (χ3n) is 5.73. The molecule has 3 amide bonds. The Bertz CT molecular complexity index is 1240. The number of rotatable bonds is 9. The van der Waals surface area contributed by atoms with Crippen molar-refractivity contribution in [1.29, 1.82) is 5.26 Å². The van der Waals surface area contributed by atoms with Crippen LogP contribution in [0.1, 0.15) is 55.1 Å². The fraction of sp³-hybridized carbons (Fsp3) is 0.379. The van der Waals surface area contributed by atoms with Crippen molar-refractivity contribution in [2.24, 2.45) is 5.73 Å². The van der Waals surface area contributed by atoms with Crippen molar-refractivity contribution in [3.05, 3.63) is 65.2 Å². The minimum absolute atomic E-state index is 0.0252. The lowest BCUT2D eigenvalue weighted by Gasteiger charge is -2.33. The number of ether oxygens (including phenoxy) is 3. The highest BCUT2D eigenvalue weighted by atomic mass is 16.6. The second-order valence-corrected chi connectivity index (χ2v) is 10.0. The lowest BCUT2D eigenvalue weighted by atomic mass is 10.1. The van der Waals surface area contributed by atoms with Gasteiger partial charge < -0.3 is 30.2 Å². The van der Waals surface area contributed by atoms with E-state index < -0.39 is 11.5 Å². The van der Waals surface area contributed by atoms with Crippen LogP contribution in [0.25, 0.3) is 6.08 Å². The van der Waals surface area contributed by atoms with Gasteiger partial charge in [0, 0.05) is 43.1 Å². The van der Waals surface area contributed by atoms with Gasteiger partial charge in [-0.1, -0.05) is 0 Å². The second-order valence-electron chi connectivity index (χ2n) is 10.0. The Kier molecular flexibility index (Phi) is 9.92. The van der Waals surface area contributed by atoms with Gasteiger partial charge in [0.15, 0.2) is 0 Å². The maximum Gasteiger partial charge on any atom is 0.410 e. The summed E-state index contributed by atoms with van der Waals surface area (Å²) in [6.45, 7) is 7.04. The number of nitriles is 1. The van der Waals surface area contributed by atoms with Crippen LogP contribution >= 0.6 is 0 Å². The van der Waals surface area contributed by atoms with Gasteiger partial charge in [-0.25, -0.2) is 4.79 Å². The predicted octanol–water partition coefficient (Wildman–Crippen LogP) is 3.64. The molecule has 3 rings (SSSR count). The summed E-state index contributed by atoms with van der Waals surface area (Å²) < 4.78 is 17.2. The van der Waals surface area contributed by atoms with Crippen molar-refractivity contribution in [1.82, 2.24) is 10.2 Å². The number of benzene rings is 2. The Balaban J connectivity index is 1.44. The molecule has 0 atom stereocenters. The van der Waals surface area contributed by atoms with Gasteiger partial charge in [0.2, 0.25) is 5.91 Å². The van der Waals surface area contributed by atoms with Gasteiger partial charge in [-0.3, -0.25) is 9.59 Å². The van der Waals surface area contributed by atoms with Gasteiger partial charge in [0.1, 0.15) is 29.8 Å². The Morgan fingerprint density at radius 1 is 1.13 bits per heavy atom. The predicted molar refractivity (Wildman–Crippen MR) is 145 cm³/mol. The molecule has 0 unspecified atom stereocenters. The van der Waals surface area contributed by atoms with Gasteiger partial charge in [-0.05, 0) is 69.3 Å². The van der Waals surface area contributed by atoms with Crippen LogP contribution in [-0.2, 0) is 9.53 Å². The average Bonchev–Trinajstić information content (AvgIpc) is 2.89. The zero-order valence-corrected chi connectivity index (χ0v) is 22.4. The van der Waals surface area contributed by atoms with Crippen molar-refractivity contribution in [2.75, 3.05) is 26.2 Å². The maximum absolute atomic E-state index is 12.5. The average molecular weight is 535 g/mol. The number of likely N-dealkylation sites (tertiary alicyclic amines) is 1. The summed E-state index contributed by atoms with van der Waals surface area (Å²) in [4.78, 5) is 37.5. The van der Waals surface area contributed by atoms with Crippen LogP contribution in [0.3, 0.4) is 0 Å². The van der Waals surface area contributed by atoms with Crippen LogP contribution < -0.4 is 20.5 Å². The lowest BCUT2D eigenvalue weighted by Crippen LogP contribution is -2.44. The highest BCUT2D eigenvalue weighted by molar-refractivity contribution is 5.94. The number of hydrogen-bond donors (Lipinski definition) is 2. The number of primary amides is 1. The highest BCUT2D eigenvalue weighted by Gasteiger charge is 2.27. The van der Waals surface area contributed by atoms with Gasteiger partial charge in [0.25, 0.3) is 5.91 Å². The smallest absolute Gasteiger partial charge is 0.410 e. The summed E-state index contributed by atoms with van der Waals surface area (Å²) in [7, 11) is 0. The van der Waals surface area contributed by atoms with Gasteiger partial charge in [-0.15, -0.1) is 0 Å². The number of nitrogens with one attached hydrogen (secondary N) is 1. The fourth-order valence-electron chi connectivity index (χ4n) is 3.83. The summed E-state index contributed by atoms with van der Waals surface area (Å²) in [5.41, 5.74) is 6.09. The van der Waals surface area contributed by atoms with Gasteiger partial charge in [-0.2, -0.15) is 5.26 Å². The van der Waals surface area contributed by atoms with E-state index in [1.165, 1.54) is 12.2 Å². The molecule has 0 aromatic heterocycles. The molecule has 0 spiro atoms. The molecule has 1 aliphatic rings. The molecule has 3 N–H and O–H groups in total. The maximum atomic E-state index is 12.5. The molecule has 10 nitrogen and oxygen atoms in total. The quantitative estimate of drug-likeness (QED) is 0.369. The number of amides is 3. The molecule has 2 aromatic carbocycles. The fourth-order valence-corrected chi connectivity index (χ4v) is 3.83. The van der Waals surface area contributed by atoms with E-state index in [0.29, 0.717) is 54.1 Å². The lowest BCUT2D eigenvalue weighted by molar-refractivity contribution is -0.113. The molecule has 39 heavy (non-hydrogen) atoms. The molecule has 10 heteroatoms. The molecule has 1 aliphatic heterocycles. The van der Waals surface area contributed by atoms with Crippen molar-refractivity contribution in [3.8, 4) is 17.6 Å². The highest BCUT2D eigenvalue weighted by Crippen LogP contribution is 2.23. The first-order chi connectivity index (χ1) is 18.5. The first-order valence-corrected chi connectivity index (χ1v) is 12.7. The van der Waals surface area contributed by atoms with Crippen LogP contribution in [0.4, 0.5) is 4.79 Å². The van der Waals surface area contributed by atoms with Gasteiger partial charge in [0.05, 0.1) is 18.2 Å². The molecule has 1 heterocycles. The van der Waals surface area contributed by atoms with Gasteiger partial charge >= 0.3 is 6.09 Å². The Labute approximate surface area is 228 Å². The number of nitrogens with two attached hydrogens (primary N) is 1. The number of piperidine rings is 1. The first-order valence-electron chi connectivity index (χ1n) is 12.7. The SMILES string of the molecule is CC(C)(C)OC(=O)N1CCC(Oc2ccc(C(=O)NCCOc3cc(C#N)ccc3/C=C/C(N)=O)cc2)CC1. The summed E-state index contributed by atoms with van der Waals surface area (Å²) >= 11 is 0. The monoisotopic (exact) mass is 534 g/mol. The summed E-state index contributed by atoms with van der Waals surface area (Å²) in [5, 5.41) is 11.9. The van der Waals surface area contributed by atoms with E-state index in [-0.39, 0.29) is 31.3 Å². The van der Waals surface area contributed by atoms with E-state index in [0.717, 1.165) is 0 Å². The van der Waals surface area contributed by atoms with E-state index in [9.17, 15) is 14.4 Å². The van der Waals surface area contributed by atoms with Crippen molar-refractivity contribution >= 4 is 24.0 Å². The van der Waals surface area contributed by atoms with E-state index in [4.69, 9.17) is 25.2 Å². The topological polar surface area (TPSA) is 144 Å². The molecular weight excluding hydrogens is 500 g/mol. The van der Waals surface area contributed by atoms with E-state index >= 15 is 0 Å². The Hall–Kier alpha value is -4.52. The van der Waals surface area contributed by atoms with Crippen LogP contribution in [0, 0.1) is 11.3 Å². The van der Waals surface area contributed by atoms with Crippen molar-refractivity contribution in [3.63, 3.8) is 0 Å². The number of nitrogens with zero attached hydrogens (tertiary/aromatic N) is 2. The molecule has 0 saturated carbocycles. The van der Waals surface area contributed by atoms with E-state index in [1.54, 1.807) is 47.4 Å². The first kappa shape index (κ1) is 29.0. The summed E-state index contributed by atoms with van der Waals surface area (Å²) in [6.07, 6.45) is 3.76. The minimum atomic E-state index is -0.599. The van der Waals surface area contributed by atoms with Crippen LogP contribution in [0.2, 0.25) is 0 Å². The minimum Gasteiger partial charge on any atom is -0.491 e. The molecule has 0 radical (unpaired) electrons. The molecule has 0 bridgehead atoms. The van der Waals surface area contributed by atoms with Crippen LogP contribution in [0.15, 0.2) is 48.5 Å². The zero-order valence-electron chi connectivity index (χ0n) is 22.4. The van der Waals surface area contributed by atoms with E-state index in [1.807, 2.05) is 26.8 Å². The Morgan fingerprint density at radius 3 is 2.44 bits per heavy atom. The van der Waals surface area contributed by atoms with Crippen molar-refractivity contribution in [2.45, 2.75) is 45.3 Å². The number of hydrogen-bond acceptors (Lipinski definition) is 7. The van der Waals surface area contributed by atoms with E-state index in [2.05, 4.69) is 5.32 Å². The van der Waals surface area contributed by atoms with Crippen LogP contribution in [-0.4, -0.2) is 60.8 Å². The van der Waals surface area contributed by atoms with Crippen molar-refractivity contribution < 1.29 is 28.6 Å². The summed E-state index contributed by atoms with van der Waals surface area (Å²) in [5.74, 6) is 0.187. The summed E-state index contributed by atoms with van der Waals surface area (Å²) in [6, 6.07) is 13.7. The molecule has 1 fully saturated rings.